The first-order valence-corrected chi connectivity index (χ1v) is 10.7. The number of halogens is 1. The van der Waals surface area contributed by atoms with Crippen LogP contribution in [0.3, 0.4) is 0 Å². The fourth-order valence-electron chi connectivity index (χ4n) is 4.30. The number of aromatic nitrogens is 3. The Balaban J connectivity index is 0.00000306. The van der Waals surface area contributed by atoms with Gasteiger partial charge in [-0.25, -0.2) is 0 Å². The molecule has 0 saturated carbocycles. The number of nitrogens with one attached hydrogen (secondary N) is 1. The van der Waals surface area contributed by atoms with E-state index in [0.717, 1.165) is 12.8 Å². The van der Waals surface area contributed by atoms with Gasteiger partial charge in [0.25, 0.3) is 5.91 Å². The van der Waals surface area contributed by atoms with Gasteiger partial charge in [-0.2, -0.15) is 15.0 Å². The van der Waals surface area contributed by atoms with Crippen LogP contribution in [0, 0.1) is 0 Å². The fourth-order valence-corrected chi connectivity index (χ4v) is 4.30. The van der Waals surface area contributed by atoms with E-state index in [2.05, 4.69) is 15.3 Å². The lowest BCUT2D eigenvalue weighted by molar-refractivity contribution is 0.100. The zero-order chi connectivity index (χ0) is 22.8. The number of carbonyl (C=O) groups excluding carboxylic acids is 1. The number of hydrogen-bond acceptors (Lipinski definition) is 11. The number of nitrogens with zero attached hydrogens (tertiary/aromatic N) is 5. The molecule has 2 aliphatic rings. The van der Waals surface area contributed by atoms with Crippen molar-refractivity contribution in [1.29, 1.82) is 0 Å². The summed E-state index contributed by atoms with van der Waals surface area (Å²) < 4.78 is 0. The Hall–Kier alpha value is -2.77. The van der Waals surface area contributed by atoms with E-state index in [9.17, 15) is 4.79 Å². The maximum absolute atomic E-state index is 11.8. The minimum absolute atomic E-state index is 0. The second kappa shape index (κ2) is 10.4. The minimum Gasteiger partial charge on any atom is -0.366 e. The smallest absolute Gasteiger partial charge is 0.250 e. The second-order valence-electron chi connectivity index (χ2n) is 8.62. The summed E-state index contributed by atoms with van der Waals surface area (Å²) in [4.78, 5) is 29.6. The molecule has 1 amide bonds. The average Bonchev–Trinajstić information content (AvgIpc) is 2.72. The third-order valence-electron chi connectivity index (χ3n) is 5.65. The molecule has 12 nitrogen and oxygen atoms in total. The predicted octanol–water partition coefficient (Wildman–Crippen LogP) is -1.13. The van der Waals surface area contributed by atoms with Crippen molar-refractivity contribution in [1.82, 2.24) is 15.0 Å². The van der Waals surface area contributed by atoms with Crippen LogP contribution in [0.5, 0.6) is 0 Å². The van der Waals surface area contributed by atoms with Crippen LogP contribution in [-0.2, 0) is 0 Å². The first-order chi connectivity index (χ1) is 15.3. The Morgan fingerprint density at radius 2 is 1.27 bits per heavy atom. The number of nitrogens with two attached hydrogens (primary N) is 5. The summed E-state index contributed by atoms with van der Waals surface area (Å²) in [7, 11) is 0. The quantitative estimate of drug-likeness (QED) is 0.303. The van der Waals surface area contributed by atoms with Crippen molar-refractivity contribution in [3.8, 4) is 0 Å². The number of amides is 1. The number of benzene rings is 1. The monoisotopic (exact) mass is 477 g/mol. The van der Waals surface area contributed by atoms with Gasteiger partial charge in [-0.3, -0.25) is 4.79 Å². The lowest BCUT2D eigenvalue weighted by Crippen LogP contribution is -2.54. The lowest BCUT2D eigenvalue weighted by Gasteiger charge is -2.37. The number of carbonyl (C=O) groups is 1. The zero-order valence-electron chi connectivity index (χ0n) is 18.3. The van der Waals surface area contributed by atoms with E-state index >= 15 is 0 Å². The number of hydrogen-bond donors (Lipinski definition) is 6. The SMILES string of the molecule is Cl.NC(=O)c1ccccc1Nc1nc(N2C[C@H](N)C[C@H](N)C2)nc(N2C[C@H](N)C[C@H](N)C2)n1. The van der Waals surface area contributed by atoms with Gasteiger partial charge in [0.05, 0.1) is 11.3 Å². The fraction of sp³-hybridized carbons (Fsp3) is 0.500. The molecular formula is C20H32ClN11O. The summed E-state index contributed by atoms with van der Waals surface area (Å²) in [5, 5.41) is 3.12. The number of anilines is 4. The average molecular weight is 478 g/mol. The Labute approximate surface area is 198 Å². The van der Waals surface area contributed by atoms with Crippen LogP contribution >= 0.6 is 12.4 Å². The molecule has 0 radical (unpaired) electrons. The van der Waals surface area contributed by atoms with Gasteiger partial charge in [-0.15, -0.1) is 12.4 Å². The van der Waals surface area contributed by atoms with E-state index in [0.29, 0.717) is 49.3 Å². The van der Waals surface area contributed by atoms with Gasteiger partial charge in [0.2, 0.25) is 17.8 Å². The molecule has 0 aliphatic carbocycles. The molecule has 0 unspecified atom stereocenters. The lowest BCUT2D eigenvalue weighted by atomic mass is 10.0. The first kappa shape index (κ1) is 24.9. The molecule has 2 aromatic rings. The van der Waals surface area contributed by atoms with Crippen LogP contribution in [0.25, 0.3) is 0 Å². The third kappa shape index (κ3) is 5.97. The predicted molar refractivity (Wildman–Crippen MR) is 131 cm³/mol. The number of primary amides is 1. The molecule has 13 heteroatoms. The van der Waals surface area contributed by atoms with Crippen molar-refractivity contribution in [3.05, 3.63) is 29.8 Å². The third-order valence-corrected chi connectivity index (χ3v) is 5.65. The molecule has 2 fully saturated rings. The molecule has 11 N–H and O–H groups in total. The highest BCUT2D eigenvalue weighted by Crippen LogP contribution is 2.25. The molecule has 180 valence electrons. The standard InChI is InChI=1S/C20H31N11O.ClH/c21-11-5-12(22)8-30(7-11)19-27-18(26-16-4-2-1-3-15(16)17(25)32)28-20(29-19)31-9-13(23)6-14(24)10-31;/h1-4,11-14H,5-10,21-24H2,(H2,25,32)(H,26,27,28,29);1H/t11-,12+,13-,14+;. The molecule has 33 heavy (non-hydrogen) atoms. The van der Waals surface area contributed by atoms with Crippen molar-refractivity contribution >= 4 is 41.8 Å². The van der Waals surface area contributed by atoms with Crippen molar-refractivity contribution in [3.63, 3.8) is 0 Å². The van der Waals surface area contributed by atoms with Crippen LogP contribution in [0.1, 0.15) is 23.2 Å². The van der Waals surface area contributed by atoms with Crippen LogP contribution in [-0.4, -0.2) is 71.2 Å². The highest BCUT2D eigenvalue weighted by atomic mass is 35.5. The summed E-state index contributed by atoms with van der Waals surface area (Å²) in [6, 6.07) is 6.59. The summed E-state index contributed by atoms with van der Waals surface area (Å²) in [5.41, 5.74) is 31.1. The van der Waals surface area contributed by atoms with Crippen LogP contribution in [0.4, 0.5) is 23.5 Å². The number of piperidine rings is 2. The molecule has 0 spiro atoms. The van der Waals surface area contributed by atoms with Crippen molar-refractivity contribution in [2.24, 2.45) is 28.7 Å². The van der Waals surface area contributed by atoms with Crippen LogP contribution in [0.2, 0.25) is 0 Å². The van der Waals surface area contributed by atoms with Gasteiger partial charge in [0.1, 0.15) is 0 Å². The van der Waals surface area contributed by atoms with Gasteiger partial charge in [0.15, 0.2) is 0 Å². The second-order valence-corrected chi connectivity index (χ2v) is 8.62. The molecule has 2 aliphatic heterocycles. The van der Waals surface area contributed by atoms with Gasteiger partial charge in [0, 0.05) is 50.3 Å². The van der Waals surface area contributed by atoms with Crippen LogP contribution in [0.15, 0.2) is 24.3 Å². The van der Waals surface area contributed by atoms with Crippen molar-refractivity contribution in [2.45, 2.75) is 37.0 Å². The van der Waals surface area contributed by atoms with Gasteiger partial charge < -0.3 is 43.8 Å². The van der Waals surface area contributed by atoms with Crippen LogP contribution < -0.4 is 43.8 Å². The number of rotatable bonds is 5. The van der Waals surface area contributed by atoms with Gasteiger partial charge in [-0.1, -0.05) is 12.1 Å². The Morgan fingerprint density at radius 3 is 1.73 bits per heavy atom. The Kier molecular flexibility index (Phi) is 7.87. The van der Waals surface area contributed by atoms with E-state index in [1.165, 1.54) is 0 Å². The molecule has 1 aromatic heterocycles. The minimum atomic E-state index is -0.552. The molecule has 2 saturated heterocycles. The largest absolute Gasteiger partial charge is 0.366 e. The van der Waals surface area contributed by atoms with E-state index in [1.807, 2.05) is 9.80 Å². The number of para-hydroxylation sites is 1. The maximum Gasteiger partial charge on any atom is 0.250 e. The molecular weight excluding hydrogens is 446 g/mol. The van der Waals surface area contributed by atoms with E-state index in [1.54, 1.807) is 24.3 Å². The molecule has 1 aromatic carbocycles. The van der Waals surface area contributed by atoms with Gasteiger partial charge >= 0.3 is 0 Å². The molecule has 4 atom stereocenters. The summed E-state index contributed by atoms with van der Waals surface area (Å²) in [6.45, 7) is 2.31. The molecule has 3 heterocycles. The summed E-state index contributed by atoms with van der Waals surface area (Å²) in [6.07, 6.45) is 1.47. The Bertz CT molecular complexity index is 913. The van der Waals surface area contributed by atoms with Crippen molar-refractivity contribution < 1.29 is 4.79 Å². The zero-order valence-corrected chi connectivity index (χ0v) is 19.1. The van der Waals surface area contributed by atoms with Gasteiger partial charge in [-0.05, 0) is 25.0 Å². The topological polar surface area (TPSA) is 204 Å². The normalized spacial score (nSPS) is 25.3. The maximum atomic E-state index is 11.8. The summed E-state index contributed by atoms with van der Waals surface area (Å²) in [5.74, 6) is 0.627. The van der Waals surface area contributed by atoms with E-state index in [4.69, 9.17) is 33.7 Å². The highest BCUT2D eigenvalue weighted by molar-refractivity contribution is 5.99. The van der Waals surface area contributed by atoms with E-state index in [-0.39, 0.29) is 42.5 Å². The summed E-state index contributed by atoms with van der Waals surface area (Å²) >= 11 is 0. The molecule has 4 rings (SSSR count). The first-order valence-electron chi connectivity index (χ1n) is 10.7. The van der Waals surface area contributed by atoms with E-state index < -0.39 is 5.91 Å². The Morgan fingerprint density at radius 1 is 0.818 bits per heavy atom. The molecule has 0 bridgehead atoms. The van der Waals surface area contributed by atoms with Crippen molar-refractivity contribution in [2.75, 3.05) is 41.3 Å². The highest BCUT2D eigenvalue weighted by Gasteiger charge is 2.29.